The van der Waals surface area contributed by atoms with E-state index in [0.717, 1.165) is 24.0 Å². The van der Waals surface area contributed by atoms with Gasteiger partial charge < -0.3 is 10.5 Å². The summed E-state index contributed by atoms with van der Waals surface area (Å²) in [6, 6.07) is 0. The van der Waals surface area contributed by atoms with E-state index in [9.17, 15) is 4.79 Å². The van der Waals surface area contributed by atoms with Crippen LogP contribution in [0, 0.1) is 17.8 Å². The van der Waals surface area contributed by atoms with Crippen molar-refractivity contribution < 1.29 is 9.90 Å². The van der Waals surface area contributed by atoms with Gasteiger partial charge in [-0.05, 0) is 56.3 Å². The molecular formula is C12H18N2O2. The molecule has 4 rings (SSSR count). The van der Waals surface area contributed by atoms with E-state index in [4.69, 9.17) is 5.11 Å². The number of hydrazone groups is 1. The van der Waals surface area contributed by atoms with E-state index < -0.39 is 5.97 Å². The topological polar surface area (TPSA) is 61.7 Å². The molecule has 4 bridgehead atoms. The Balaban J connectivity index is 1.71. The second-order valence-corrected chi connectivity index (χ2v) is 5.91. The first kappa shape index (κ1) is 10.1. The minimum absolute atomic E-state index is 0.126. The first-order valence-corrected chi connectivity index (χ1v) is 6.18. The number of rotatable bonds is 3. The molecule has 16 heavy (non-hydrogen) atoms. The first-order valence-electron chi connectivity index (χ1n) is 6.18. The van der Waals surface area contributed by atoms with Crippen LogP contribution in [0.25, 0.3) is 0 Å². The van der Waals surface area contributed by atoms with Gasteiger partial charge in [-0.25, -0.2) is 4.79 Å². The highest BCUT2D eigenvalue weighted by Crippen LogP contribution is 2.55. The van der Waals surface area contributed by atoms with Gasteiger partial charge in [-0.15, -0.1) is 0 Å². The summed E-state index contributed by atoms with van der Waals surface area (Å²) >= 11 is 0. The highest BCUT2D eigenvalue weighted by Gasteiger charge is 2.50. The molecule has 0 atom stereocenters. The van der Waals surface area contributed by atoms with Crippen molar-refractivity contribution in [1.82, 2.24) is 5.43 Å². The fourth-order valence-electron chi connectivity index (χ4n) is 4.47. The van der Waals surface area contributed by atoms with E-state index in [2.05, 4.69) is 10.5 Å². The summed E-state index contributed by atoms with van der Waals surface area (Å²) < 4.78 is 0. The lowest BCUT2D eigenvalue weighted by atomic mass is 9.53. The molecule has 0 spiro atoms. The number of carboxylic acids is 1. The van der Waals surface area contributed by atoms with Crippen molar-refractivity contribution in [3.8, 4) is 0 Å². The normalized spacial score (nSPS) is 45.1. The van der Waals surface area contributed by atoms with E-state index in [-0.39, 0.29) is 5.54 Å². The highest BCUT2D eigenvalue weighted by atomic mass is 16.4. The lowest BCUT2D eigenvalue weighted by Gasteiger charge is -2.56. The van der Waals surface area contributed by atoms with Crippen LogP contribution in [0.4, 0.5) is 0 Å². The van der Waals surface area contributed by atoms with Crippen molar-refractivity contribution in [2.24, 2.45) is 22.9 Å². The van der Waals surface area contributed by atoms with Crippen molar-refractivity contribution >= 4 is 12.2 Å². The van der Waals surface area contributed by atoms with Gasteiger partial charge in [0.25, 0.3) is 0 Å². The molecule has 0 saturated heterocycles. The highest BCUT2D eigenvalue weighted by molar-refractivity contribution is 6.21. The van der Waals surface area contributed by atoms with Gasteiger partial charge in [0.2, 0.25) is 0 Å². The van der Waals surface area contributed by atoms with Gasteiger partial charge >= 0.3 is 5.97 Å². The van der Waals surface area contributed by atoms with Crippen LogP contribution >= 0.6 is 0 Å². The third kappa shape index (κ3) is 1.70. The van der Waals surface area contributed by atoms with Gasteiger partial charge in [-0.2, -0.15) is 5.10 Å². The van der Waals surface area contributed by atoms with E-state index in [0.29, 0.717) is 0 Å². The van der Waals surface area contributed by atoms with Gasteiger partial charge in [0.1, 0.15) is 6.21 Å². The van der Waals surface area contributed by atoms with Crippen molar-refractivity contribution in [3.05, 3.63) is 0 Å². The van der Waals surface area contributed by atoms with Gasteiger partial charge in [0.15, 0.2) is 0 Å². The Morgan fingerprint density at radius 3 is 2.12 bits per heavy atom. The van der Waals surface area contributed by atoms with Gasteiger partial charge in [-0.1, -0.05) is 0 Å². The molecule has 4 saturated carbocycles. The zero-order chi connectivity index (χ0) is 11.2. The molecule has 0 aromatic rings. The smallest absolute Gasteiger partial charge is 0.348 e. The van der Waals surface area contributed by atoms with Crippen molar-refractivity contribution in [2.75, 3.05) is 0 Å². The maximum atomic E-state index is 10.4. The van der Waals surface area contributed by atoms with Crippen LogP contribution in [0.3, 0.4) is 0 Å². The Hall–Kier alpha value is -1.06. The van der Waals surface area contributed by atoms with Gasteiger partial charge in [0.05, 0.1) is 5.54 Å². The molecule has 0 unspecified atom stereocenters. The third-order valence-electron chi connectivity index (χ3n) is 4.51. The molecule has 4 fully saturated rings. The number of carboxylic acid groups (broad SMARTS) is 1. The lowest BCUT2D eigenvalue weighted by molar-refractivity contribution is -0.128. The van der Waals surface area contributed by atoms with Crippen LogP contribution in [0.2, 0.25) is 0 Å². The third-order valence-corrected chi connectivity index (χ3v) is 4.51. The Labute approximate surface area is 95.1 Å². The molecule has 0 amide bonds. The zero-order valence-electron chi connectivity index (χ0n) is 9.35. The molecule has 0 aliphatic heterocycles. The average molecular weight is 222 g/mol. The minimum atomic E-state index is -0.975. The summed E-state index contributed by atoms with van der Waals surface area (Å²) in [6.45, 7) is 0. The van der Waals surface area contributed by atoms with E-state index in [1.165, 1.54) is 38.5 Å². The second-order valence-electron chi connectivity index (χ2n) is 5.91. The molecule has 4 nitrogen and oxygen atoms in total. The fourth-order valence-corrected chi connectivity index (χ4v) is 4.47. The molecule has 0 heterocycles. The maximum absolute atomic E-state index is 10.4. The molecule has 4 aliphatic rings. The van der Waals surface area contributed by atoms with Gasteiger partial charge in [0, 0.05) is 0 Å². The number of carbonyl (C=O) groups is 1. The molecule has 2 N–H and O–H groups in total. The van der Waals surface area contributed by atoms with Crippen LogP contribution in [0.15, 0.2) is 5.10 Å². The fraction of sp³-hybridized carbons (Fsp3) is 0.833. The molecule has 4 aliphatic carbocycles. The monoisotopic (exact) mass is 222 g/mol. The quantitative estimate of drug-likeness (QED) is 0.563. The standard InChI is InChI=1S/C12H18N2O2/c15-11(16)7-13-14-12-4-8-1-9(5-12)3-10(2-8)6-12/h7-10,14H,1-6H2,(H,15,16)/b13-7+. The van der Waals surface area contributed by atoms with Crippen LogP contribution in [-0.4, -0.2) is 22.8 Å². The molecule has 88 valence electrons. The summed E-state index contributed by atoms with van der Waals surface area (Å²) in [5.74, 6) is 1.61. The largest absolute Gasteiger partial charge is 0.477 e. The average Bonchev–Trinajstić information content (AvgIpc) is 2.13. The molecule has 4 heteroatoms. The first-order chi connectivity index (χ1) is 7.65. The Morgan fingerprint density at radius 1 is 1.19 bits per heavy atom. The SMILES string of the molecule is O=C(O)/C=N/NC12CC3CC(CC(C3)C1)C2. The number of nitrogens with one attached hydrogen (secondary N) is 1. The van der Waals surface area contributed by atoms with Crippen molar-refractivity contribution in [2.45, 2.75) is 44.1 Å². The van der Waals surface area contributed by atoms with E-state index >= 15 is 0 Å². The second kappa shape index (κ2) is 3.47. The summed E-state index contributed by atoms with van der Waals surface area (Å²) in [6.07, 6.45) is 8.72. The van der Waals surface area contributed by atoms with Crippen LogP contribution in [0.1, 0.15) is 38.5 Å². The summed E-state index contributed by atoms with van der Waals surface area (Å²) in [4.78, 5) is 10.4. The maximum Gasteiger partial charge on any atom is 0.348 e. The molecule has 0 radical (unpaired) electrons. The number of nitrogens with zero attached hydrogens (tertiary/aromatic N) is 1. The predicted octanol–water partition coefficient (Wildman–Crippen LogP) is 1.62. The number of hydrogen-bond donors (Lipinski definition) is 2. The van der Waals surface area contributed by atoms with Crippen LogP contribution in [-0.2, 0) is 4.79 Å². The zero-order valence-corrected chi connectivity index (χ0v) is 9.35. The Morgan fingerprint density at radius 2 is 1.69 bits per heavy atom. The summed E-state index contributed by atoms with van der Waals surface area (Å²) in [5.41, 5.74) is 3.27. The molecule has 0 aromatic heterocycles. The Bertz CT molecular complexity index is 303. The molecule has 0 aromatic carbocycles. The van der Waals surface area contributed by atoms with Crippen molar-refractivity contribution in [1.29, 1.82) is 0 Å². The minimum Gasteiger partial charge on any atom is -0.477 e. The van der Waals surface area contributed by atoms with Crippen molar-refractivity contribution in [3.63, 3.8) is 0 Å². The summed E-state index contributed by atoms with van der Waals surface area (Å²) in [7, 11) is 0. The van der Waals surface area contributed by atoms with Gasteiger partial charge in [-0.3, -0.25) is 0 Å². The number of aliphatic carboxylic acids is 1. The molecular weight excluding hydrogens is 204 g/mol. The number of hydrogen-bond acceptors (Lipinski definition) is 3. The predicted molar refractivity (Wildman–Crippen MR) is 60.2 cm³/mol. The van der Waals surface area contributed by atoms with E-state index in [1.807, 2.05) is 0 Å². The lowest BCUT2D eigenvalue weighted by Crippen LogP contribution is -2.57. The van der Waals surface area contributed by atoms with Crippen LogP contribution < -0.4 is 5.43 Å². The Kier molecular flexibility index (Phi) is 2.19. The van der Waals surface area contributed by atoms with E-state index in [1.54, 1.807) is 0 Å². The summed E-state index contributed by atoms with van der Waals surface area (Å²) in [5, 5.41) is 12.4. The van der Waals surface area contributed by atoms with Crippen LogP contribution in [0.5, 0.6) is 0 Å².